The van der Waals surface area contributed by atoms with Gasteiger partial charge < -0.3 is 9.47 Å². The number of methoxy groups -OCH3 is 1. The van der Waals surface area contributed by atoms with Crippen LogP contribution in [-0.2, 0) is 6.42 Å². The zero-order chi connectivity index (χ0) is 16.7. The molecule has 2 aromatic heterocycles. The highest BCUT2D eigenvalue weighted by molar-refractivity contribution is 9.10. The molecule has 1 aliphatic rings. The normalized spacial score (nSPS) is 16.5. The molecule has 5 nitrogen and oxygen atoms in total. The van der Waals surface area contributed by atoms with Crippen molar-refractivity contribution in [3.05, 3.63) is 68.7 Å². The summed E-state index contributed by atoms with van der Waals surface area (Å²) in [6.45, 7) is 0.512. The predicted molar refractivity (Wildman–Crippen MR) is 94.1 cm³/mol. The number of hydrogen-bond acceptors (Lipinski definition) is 4. The fraction of sp³-hybridized carbons (Fsp3) is 0.222. The molecule has 0 fully saturated rings. The highest BCUT2D eigenvalue weighted by Gasteiger charge is 2.24. The third kappa shape index (κ3) is 2.67. The Balaban J connectivity index is 1.73. The van der Waals surface area contributed by atoms with Gasteiger partial charge in [0, 0.05) is 22.7 Å². The lowest BCUT2D eigenvalue weighted by molar-refractivity contribution is 0.259. The number of pyridine rings is 1. The minimum atomic E-state index is -0.0901. The molecule has 3 heterocycles. The third-order valence-electron chi connectivity index (χ3n) is 4.24. The van der Waals surface area contributed by atoms with Crippen LogP contribution in [0.3, 0.4) is 0 Å². The highest BCUT2D eigenvalue weighted by Crippen LogP contribution is 2.34. The van der Waals surface area contributed by atoms with E-state index in [4.69, 9.17) is 9.47 Å². The van der Waals surface area contributed by atoms with Crippen molar-refractivity contribution < 1.29 is 9.47 Å². The van der Waals surface area contributed by atoms with Crippen LogP contribution in [0.15, 0.2) is 51.9 Å². The minimum Gasteiger partial charge on any atom is -0.497 e. The maximum Gasteiger partial charge on any atom is 0.258 e. The van der Waals surface area contributed by atoms with Crippen LogP contribution in [0.5, 0.6) is 11.5 Å². The molecular weight excluding hydrogens is 372 g/mol. The van der Waals surface area contributed by atoms with Crippen molar-refractivity contribution in [3.63, 3.8) is 0 Å². The molecular formula is C18H15BrN2O3. The molecule has 1 aliphatic heterocycles. The zero-order valence-corrected chi connectivity index (χ0v) is 14.6. The number of hydrogen-bond donors (Lipinski definition) is 0. The van der Waals surface area contributed by atoms with Gasteiger partial charge in [0.05, 0.1) is 19.4 Å². The maximum absolute atomic E-state index is 12.4. The van der Waals surface area contributed by atoms with Crippen molar-refractivity contribution in [1.29, 1.82) is 0 Å². The molecule has 122 valence electrons. The molecule has 0 aliphatic carbocycles. The van der Waals surface area contributed by atoms with Crippen LogP contribution >= 0.6 is 15.9 Å². The summed E-state index contributed by atoms with van der Waals surface area (Å²) in [5, 5.41) is 0. The fourth-order valence-electron chi connectivity index (χ4n) is 2.99. The van der Waals surface area contributed by atoms with Gasteiger partial charge in [-0.1, -0.05) is 0 Å². The summed E-state index contributed by atoms with van der Waals surface area (Å²) in [7, 11) is 1.65. The second-order valence-electron chi connectivity index (χ2n) is 5.78. The first-order valence-corrected chi connectivity index (χ1v) is 8.42. The molecule has 3 aromatic rings. The quantitative estimate of drug-likeness (QED) is 0.678. The van der Waals surface area contributed by atoms with Crippen molar-refractivity contribution in [2.24, 2.45) is 0 Å². The van der Waals surface area contributed by atoms with Crippen LogP contribution in [0.1, 0.15) is 17.2 Å². The number of rotatable bonds is 2. The molecule has 0 amide bonds. The average molecular weight is 387 g/mol. The SMILES string of the molecule is COc1ccc2c(c1)CC(c1cc(=O)n3cc(Br)ccc3n1)CO2. The third-order valence-corrected chi connectivity index (χ3v) is 4.70. The standard InChI is InChI=1S/C18H15BrN2O3/c1-23-14-3-4-16-11(7-14)6-12(10-24-16)15-8-18(22)21-9-13(19)2-5-17(21)20-15/h2-5,7-9,12H,6,10H2,1H3. The van der Waals surface area contributed by atoms with Crippen molar-refractivity contribution in [2.75, 3.05) is 13.7 Å². The van der Waals surface area contributed by atoms with Gasteiger partial charge in [-0.15, -0.1) is 0 Å². The van der Waals surface area contributed by atoms with Gasteiger partial charge in [-0.3, -0.25) is 9.20 Å². The first-order chi connectivity index (χ1) is 11.6. The molecule has 0 spiro atoms. The molecule has 6 heteroatoms. The number of fused-ring (bicyclic) bond motifs is 2. The Kier molecular flexibility index (Phi) is 3.76. The Labute approximate surface area is 147 Å². The van der Waals surface area contributed by atoms with Gasteiger partial charge in [-0.05, 0) is 58.2 Å². The van der Waals surface area contributed by atoms with Crippen LogP contribution in [0.4, 0.5) is 0 Å². The van der Waals surface area contributed by atoms with E-state index in [1.165, 1.54) is 4.40 Å². The summed E-state index contributed by atoms with van der Waals surface area (Å²) in [6.07, 6.45) is 2.50. The van der Waals surface area contributed by atoms with E-state index < -0.39 is 0 Å². The van der Waals surface area contributed by atoms with Crippen LogP contribution < -0.4 is 15.0 Å². The first-order valence-electron chi connectivity index (χ1n) is 7.62. The van der Waals surface area contributed by atoms with Gasteiger partial charge >= 0.3 is 0 Å². The Hall–Kier alpha value is -2.34. The molecule has 24 heavy (non-hydrogen) atoms. The molecule has 0 N–H and O–H groups in total. The van der Waals surface area contributed by atoms with Gasteiger partial charge in [0.15, 0.2) is 0 Å². The Bertz CT molecular complexity index is 984. The van der Waals surface area contributed by atoms with Gasteiger partial charge in [-0.2, -0.15) is 0 Å². The largest absolute Gasteiger partial charge is 0.497 e. The summed E-state index contributed by atoms with van der Waals surface area (Å²) < 4.78 is 13.5. The Morgan fingerprint density at radius 1 is 1.29 bits per heavy atom. The Morgan fingerprint density at radius 2 is 2.17 bits per heavy atom. The maximum atomic E-state index is 12.4. The molecule has 1 unspecified atom stereocenters. The topological polar surface area (TPSA) is 52.8 Å². The van der Waals surface area contributed by atoms with Gasteiger partial charge in [0.2, 0.25) is 0 Å². The summed E-state index contributed by atoms with van der Waals surface area (Å²) in [5.74, 6) is 1.72. The van der Waals surface area contributed by atoms with Crippen molar-refractivity contribution in [2.45, 2.75) is 12.3 Å². The molecule has 0 saturated carbocycles. The van der Waals surface area contributed by atoms with Crippen LogP contribution in [0.25, 0.3) is 5.65 Å². The van der Waals surface area contributed by atoms with Crippen molar-refractivity contribution in [1.82, 2.24) is 9.38 Å². The number of halogens is 1. The summed E-state index contributed by atoms with van der Waals surface area (Å²) in [5.41, 5.74) is 2.38. The molecule has 0 radical (unpaired) electrons. The number of ether oxygens (including phenoxy) is 2. The monoisotopic (exact) mass is 386 g/mol. The molecule has 1 atom stereocenters. The second kappa shape index (κ2) is 5.94. The fourth-order valence-corrected chi connectivity index (χ4v) is 3.33. The van der Waals surface area contributed by atoms with E-state index in [2.05, 4.69) is 20.9 Å². The van der Waals surface area contributed by atoms with Gasteiger partial charge in [-0.25, -0.2) is 4.98 Å². The van der Waals surface area contributed by atoms with E-state index >= 15 is 0 Å². The molecule has 1 aromatic carbocycles. The smallest absolute Gasteiger partial charge is 0.258 e. The van der Waals surface area contributed by atoms with E-state index in [0.29, 0.717) is 12.3 Å². The van der Waals surface area contributed by atoms with E-state index in [1.54, 1.807) is 19.4 Å². The summed E-state index contributed by atoms with van der Waals surface area (Å²) in [6, 6.07) is 11.1. The lowest BCUT2D eigenvalue weighted by atomic mass is 9.93. The van der Waals surface area contributed by atoms with Crippen LogP contribution in [0, 0.1) is 0 Å². The van der Waals surface area contributed by atoms with E-state index in [9.17, 15) is 4.79 Å². The second-order valence-corrected chi connectivity index (χ2v) is 6.70. The van der Waals surface area contributed by atoms with Crippen molar-refractivity contribution in [3.8, 4) is 11.5 Å². The Morgan fingerprint density at radius 3 is 3.00 bits per heavy atom. The van der Waals surface area contributed by atoms with Crippen LogP contribution in [-0.4, -0.2) is 23.1 Å². The minimum absolute atomic E-state index is 0.0472. The molecule has 0 bridgehead atoms. The average Bonchev–Trinajstić information content (AvgIpc) is 2.61. The summed E-state index contributed by atoms with van der Waals surface area (Å²) in [4.78, 5) is 17.0. The first kappa shape index (κ1) is 15.2. The number of aromatic nitrogens is 2. The predicted octanol–water partition coefficient (Wildman–Crippen LogP) is 3.18. The zero-order valence-electron chi connectivity index (χ0n) is 13.0. The van der Waals surface area contributed by atoms with E-state index in [0.717, 1.165) is 33.6 Å². The van der Waals surface area contributed by atoms with Crippen LogP contribution in [0.2, 0.25) is 0 Å². The van der Waals surface area contributed by atoms with Gasteiger partial charge in [0.1, 0.15) is 17.1 Å². The van der Waals surface area contributed by atoms with Gasteiger partial charge in [0.25, 0.3) is 5.56 Å². The lowest BCUT2D eigenvalue weighted by Crippen LogP contribution is -2.23. The number of benzene rings is 1. The molecule has 4 rings (SSSR count). The van der Waals surface area contributed by atoms with E-state index in [-0.39, 0.29) is 11.5 Å². The van der Waals surface area contributed by atoms with E-state index in [1.807, 2.05) is 30.3 Å². The number of nitrogens with zero attached hydrogens (tertiary/aromatic N) is 2. The lowest BCUT2D eigenvalue weighted by Gasteiger charge is -2.25. The molecule has 0 saturated heterocycles. The highest BCUT2D eigenvalue weighted by atomic mass is 79.9. The summed E-state index contributed by atoms with van der Waals surface area (Å²) >= 11 is 3.37. The van der Waals surface area contributed by atoms with Crippen molar-refractivity contribution >= 4 is 21.6 Å².